The number of aromatic amines is 1. The Labute approximate surface area is 78.4 Å². The largest absolute Gasteiger partial charge is 0.413 e. The van der Waals surface area contributed by atoms with Crippen molar-refractivity contribution in [2.24, 2.45) is 0 Å². The zero-order valence-electron chi connectivity index (χ0n) is 7.48. The Balaban J connectivity index is 2.20. The lowest BCUT2D eigenvalue weighted by molar-refractivity contribution is -0.190. The molecule has 1 aromatic heterocycles. The summed E-state index contributed by atoms with van der Waals surface area (Å²) in [6, 6.07) is 0. The monoisotopic (exact) mass is 209 g/mol. The third-order valence-electron chi connectivity index (χ3n) is 1.51. The minimum Gasteiger partial charge on any atom is -0.348 e. The highest BCUT2D eigenvalue weighted by atomic mass is 19.4. The summed E-state index contributed by atoms with van der Waals surface area (Å²) >= 11 is 0. The molecule has 0 aliphatic carbocycles. The molecule has 0 aliphatic rings. The molecule has 0 spiro atoms. The lowest BCUT2D eigenvalue weighted by Crippen LogP contribution is -2.24. The third-order valence-corrected chi connectivity index (χ3v) is 1.51. The maximum atomic E-state index is 11.6. The molecule has 0 radical (unpaired) electrons. The zero-order chi connectivity index (χ0) is 10.6. The molecule has 0 saturated heterocycles. The summed E-state index contributed by atoms with van der Waals surface area (Å²) in [6.45, 7) is 0.607. The van der Waals surface area contributed by atoms with Gasteiger partial charge in [-0.05, 0) is 6.92 Å². The minimum atomic E-state index is -4.31. The molecular weight excluding hydrogens is 199 g/mol. The first kappa shape index (κ1) is 11.0. The molecule has 0 aliphatic heterocycles. The maximum Gasteiger partial charge on any atom is 0.413 e. The van der Waals surface area contributed by atoms with Crippen LogP contribution in [0.4, 0.5) is 13.2 Å². The topological polar surface area (TPSA) is 49.9 Å². The lowest BCUT2D eigenvalue weighted by atomic mass is 10.3. The van der Waals surface area contributed by atoms with Crippen molar-refractivity contribution in [3.8, 4) is 0 Å². The van der Waals surface area contributed by atoms with Crippen LogP contribution in [0.3, 0.4) is 0 Å². The normalized spacial score (nSPS) is 12.0. The van der Waals surface area contributed by atoms with E-state index < -0.39 is 12.8 Å². The number of imidazole rings is 1. The van der Waals surface area contributed by atoms with Crippen LogP contribution in [0, 0.1) is 6.92 Å². The van der Waals surface area contributed by atoms with Gasteiger partial charge in [0.05, 0.1) is 18.6 Å². The van der Waals surface area contributed by atoms with Gasteiger partial charge in [0, 0.05) is 5.69 Å². The number of hydroxylamine groups is 1. The summed E-state index contributed by atoms with van der Waals surface area (Å²) < 4.78 is 34.8. The van der Waals surface area contributed by atoms with Crippen LogP contribution >= 0.6 is 0 Å². The van der Waals surface area contributed by atoms with Gasteiger partial charge in [-0.25, -0.2) is 4.98 Å². The molecule has 80 valence electrons. The van der Waals surface area contributed by atoms with Crippen molar-refractivity contribution in [3.05, 3.63) is 17.7 Å². The average Bonchev–Trinajstić information content (AvgIpc) is 2.44. The first-order chi connectivity index (χ1) is 6.49. The first-order valence-electron chi connectivity index (χ1n) is 3.89. The Bertz CT molecular complexity index is 284. The summed E-state index contributed by atoms with van der Waals surface area (Å²) in [6.07, 6.45) is -2.84. The van der Waals surface area contributed by atoms with Gasteiger partial charge < -0.3 is 4.98 Å². The molecule has 2 N–H and O–H groups in total. The molecule has 14 heavy (non-hydrogen) atoms. The van der Waals surface area contributed by atoms with Crippen molar-refractivity contribution in [1.29, 1.82) is 0 Å². The number of halogens is 3. The van der Waals surface area contributed by atoms with E-state index in [-0.39, 0.29) is 6.54 Å². The summed E-state index contributed by atoms with van der Waals surface area (Å²) in [5.41, 5.74) is 3.61. The van der Waals surface area contributed by atoms with Crippen molar-refractivity contribution in [3.63, 3.8) is 0 Å². The molecular formula is C7H10F3N3O. The molecule has 1 heterocycles. The number of rotatable bonds is 4. The second-order valence-corrected chi connectivity index (χ2v) is 2.70. The third kappa shape index (κ3) is 3.75. The number of alkyl halides is 3. The van der Waals surface area contributed by atoms with Crippen molar-refractivity contribution in [1.82, 2.24) is 15.4 Å². The Hall–Kier alpha value is -1.08. The van der Waals surface area contributed by atoms with Gasteiger partial charge in [0.1, 0.15) is 0 Å². The number of hydrogen-bond donors (Lipinski definition) is 2. The fraction of sp³-hybridized carbons (Fsp3) is 0.571. The Morgan fingerprint density at radius 2 is 2.29 bits per heavy atom. The van der Waals surface area contributed by atoms with Gasteiger partial charge >= 0.3 is 6.18 Å². The van der Waals surface area contributed by atoms with E-state index in [1.54, 1.807) is 6.92 Å². The van der Waals surface area contributed by atoms with Crippen LogP contribution in [0.25, 0.3) is 0 Å². The van der Waals surface area contributed by atoms with Crippen LogP contribution in [0.5, 0.6) is 0 Å². The number of aromatic nitrogens is 2. The fourth-order valence-corrected chi connectivity index (χ4v) is 0.818. The van der Waals surface area contributed by atoms with Gasteiger partial charge in [-0.3, -0.25) is 4.84 Å². The first-order valence-corrected chi connectivity index (χ1v) is 3.89. The molecule has 0 fully saturated rings. The predicted molar refractivity (Wildman–Crippen MR) is 42.2 cm³/mol. The molecule has 7 heteroatoms. The summed E-state index contributed by atoms with van der Waals surface area (Å²) in [4.78, 5) is 10.9. The summed E-state index contributed by atoms with van der Waals surface area (Å²) in [7, 11) is 0. The highest BCUT2D eigenvalue weighted by Gasteiger charge is 2.27. The van der Waals surface area contributed by atoms with E-state index in [1.807, 2.05) is 0 Å². The molecule has 4 nitrogen and oxygen atoms in total. The lowest BCUT2D eigenvalue weighted by Gasteiger charge is -2.07. The molecule has 0 amide bonds. The van der Waals surface area contributed by atoms with Gasteiger partial charge in [0.25, 0.3) is 0 Å². The average molecular weight is 209 g/mol. The van der Waals surface area contributed by atoms with Crippen LogP contribution in [0.2, 0.25) is 0 Å². The Morgan fingerprint density at radius 3 is 2.79 bits per heavy atom. The summed E-state index contributed by atoms with van der Waals surface area (Å²) in [5.74, 6) is 0. The number of H-pyrrole nitrogens is 1. The van der Waals surface area contributed by atoms with E-state index in [0.717, 1.165) is 5.69 Å². The number of nitrogens with one attached hydrogen (secondary N) is 2. The highest BCUT2D eigenvalue weighted by molar-refractivity contribution is 5.07. The van der Waals surface area contributed by atoms with Crippen LogP contribution < -0.4 is 5.48 Å². The molecule has 1 aromatic rings. The smallest absolute Gasteiger partial charge is 0.348 e. The molecule has 0 bridgehead atoms. The van der Waals surface area contributed by atoms with E-state index in [9.17, 15) is 13.2 Å². The maximum absolute atomic E-state index is 11.6. The Morgan fingerprint density at radius 1 is 1.57 bits per heavy atom. The standard InChI is InChI=1S/C7H10F3N3O/c1-5-6(12-4-11-5)2-13-14-3-7(8,9)10/h4,13H,2-3H2,1H3,(H,11,12). The summed E-state index contributed by atoms with van der Waals surface area (Å²) in [5, 5.41) is 0. The number of aryl methyl sites for hydroxylation is 1. The van der Waals surface area contributed by atoms with E-state index in [1.165, 1.54) is 6.33 Å². The van der Waals surface area contributed by atoms with Crippen molar-refractivity contribution in [2.75, 3.05) is 6.61 Å². The molecule has 0 aromatic carbocycles. The van der Waals surface area contributed by atoms with Crippen LogP contribution in [0.1, 0.15) is 11.4 Å². The van der Waals surface area contributed by atoms with Gasteiger partial charge in [-0.2, -0.15) is 18.7 Å². The van der Waals surface area contributed by atoms with Crippen LogP contribution in [-0.4, -0.2) is 22.8 Å². The van der Waals surface area contributed by atoms with E-state index in [2.05, 4.69) is 20.3 Å². The van der Waals surface area contributed by atoms with Crippen molar-refractivity contribution >= 4 is 0 Å². The van der Waals surface area contributed by atoms with Crippen LogP contribution in [-0.2, 0) is 11.4 Å². The number of hydrogen-bond acceptors (Lipinski definition) is 3. The molecule has 0 saturated carbocycles. The fourth-order valence-electron chi connectivity index (χ4n) is 0.818. The van der Waals surface area contributed by atoms with Gasteiger partial charge in [-0.15, -0.1) is 0 Å². The minimum absolute atomic E-state index is 0.144. The van der Waals surface area contributed by atoms with Crippen molar-refractivity contribution in [2.45, 2.75) is 19.6 Å². The van der Waals surface area contributed by atoms with Crippen LogP contribution in [0.15, 0.2) is 6.33 Å². The second-order valence-electron chi connectivity index (χ2n) is 2.70. The van der Waals surface area contributed by atoms with Crippen molar-refractivity contribution < 1.29 is 18.0 Å². The zero-order valence-corrected chi connectivity index (χ0v) is 7.48. The quantitative estimate of drug-likeness (QED) is 0.580. The van der Waals surface area contributed by atoms with Gasteiger partial charge in [0.2, 0.25) is 0 Å². The van der Waals surface area contributed by atoms with E-state index >= 15 is 0 Å². The molecule has 0 unspecified atom stereocenters. The van der Waals surface area contributed by atoms with E-state index in [4.69, 9.17) is 0 Å². The van der Waals surface area contributed by atoms with E-state index in [0.29, 0.717) is 5.69 Å². The van der Waals surface area contributed by atoms with Gasteiger partial charge in [-0.1, -0.05) is 0 Å². The molecule has 0 atom stereocenters. The van der Waals surface area contributed by atoms with Gasteiger partial charge in [0.15, 0.2) is 6.61 Å². The highest BCUT2D eigenvalue weighted by Crippen LogP contribution is 2.13. The second kappa shape index (κ2) is 4.43. The SMILES string of the molecule is Cc1[nH]cnc1CNOCC(F)(F)F. The Kier molecular flexibility index (Phi) is 3.48. The molecule has 1 rings (SSSR count). The predicted octanol–water partition coefficient (Wildman–Crippen LogP) is 1.30. The number of nitrogens with zero attached hydrogens (tertiary/aromatic N) is 1.